The molecule has 4 rings (SSSR count). The molecule has 0 saturated carbocycles. The minimum absolute atomic E-state index is 0.166. The van der Waals surface area contributed by atoms with Crippen LogP contribution in [-0.4, -0.2) is 132 Å². The lowest BCUT2D eigenvalue weighted by Gasteiger charge is -2.44. The van der Waals surface area contributed by atoms with Gasteiger partial charge in [-0.3, -0.25) is 38.4 Å². The van der Waals surface area contributed by atoms with Gasteiger partial charge in [-0.15, -0.1) is 0 Å². The highest BCUT2D eigenvalue weighted by molar-refractivity contribution is 5.83. The number of rotatable bonds is 14. The molecule has 1 aromatic heterocycles. The maximum Gasteiger partial charge on any atom is 0.322 e. The first-order valence-corrected chi connectivity index (χ1v) is 17.5. The smallest absolute Gasteiger partial charge is 0.322 e. The van der Waals surface area contributed by atoms with E-state index >= 15 is 0 Å². The first-order valence-electron chi connectivity index (χ1n) is 17.5. The molecule has 0 radical (unpaired) electrons. The molecule has 3 heterocycles. The zero-order chi connectivity index (χ0) is 42.8. The second kappa shape index (κ2) is 19.8. The summed E-state index contributed by atoms with van der Waals surface area (Å²) >= 11 is 0. The van der Waals surface area contributed by atoms with Gasteiger partial charge in [-0.1, -0.05) is 12.1 Å². The largest absolute Gasteiger partial charge is 0.463 e. The third-order valence-electron chi connectivity index (χ3n) is 7.89. The monoisotopic (exact) mass is 822 g/mol. The Kier molecular flexibility index (Phi) is 15.2. The molecule has 316 valence electrons. The molecule has 0 N–H and O–H groups in total. The Labute approximate surface area is 329 Å². The van der Waals surface area contributed by atoms with Crippen LogP contribution >= 0.6 is 0 Å². The van der Waals surface area contributed by atoms with Crippen molar-refractivity contribution in [3.05, 3.63) is 24.3 Å². The van der Waals surface area contributed by atoms with Gasteiger partial charge in [0.2, 0.25) is 30.7 Å². The van der Waals surface area contributed by atoms with Crippen molar-refractivity contribution in [3.8, 4) is 11.9 Å². The topological polar surface area (TPSA) is 273 Å². The van der Waals surface area contributed by atoms with E-state index in [0.717, 1.165) is 55.4 Å². The molecule has 0 spiro atoms. The summed E-state index contributed by atoms with van der Waals surface area (Å²) < 4.78 is 67.3. The van der Waals surface area contributed by atoms with Crippen molar-refractivity contribution in [2.75, 3.05) is 13.2 Å². The lowest BCUT2D eigenvalue weighted by atomic mass is 9.98. The summed E-state index contributed by atoms with van der Waals surface area (Å²) in [5, 5.41) is 0.212. The van der Waals surface area contributed by atoms with Gasteiger partial charge < -0.3 is 56.8 Å². The van der Waals surface area contributed by atoms with E-state index in [0.29, 0.717) is 0 Å². The van der Waals surface area contributed by atoms with Crippen molar-refractivity contribution >= 4 is 58.7 Å². The highest BCUT2D eigenvalue weighted by Crippen LogP contribution is 2.35. The number of carbonyl (C=O) groups is 8. The fourth-order valence-corrected chi connectivity index (χ4v) is 5.95. The lowest BCUT2D eigenvalue weighted by Crippen LogP contribution is -2.63. The average molecular weight is 823 g/mol. The Balaban J connectivity index is 1.82. The Bertz CT molecular complexity index is 1890. The van der Waals surface area contributed by atoms with Gasteiger partial charge in [0, 0.05) is 55.4 Å². The first kappa shape index (κ1) is 44.6. The van der Waals surface area contributed by atoms with E-state index < -0.39 is 128 Å². The summed E-state index contributed by atoms with van der Waals surface area (Å²) in [6.07, 6.45) is -15.6. The summed E-state index contributed by atoms with van der Waals surface area (Å²) in [4.78, 5) is 106. The maximum atomic E-state index is 12.4. The number of esters is 8. The molecule has 0 aliphatic carbocycles. The van der Waals surface area contributed by atoms with Crippen molar-refractivity contribution in [2.24, 2.45) is 0 Å². The maximum absolute atomic E-state index is 12.4. The highest BCUT2D eigenvalue weighted by Gasteiger charge is 2.55. The molecule has 2 aliphatic heterocycles. The van der Waals surface area contributed by atoms with Gasteiger partial charge in [-0.05, 0) is 12.1 Å². The summed E-state index contributed by atoms with van der Waals surface area (Å²) in [5.74, 6) is -7.02. The standard InChI is InChI=1S/C36H42N2O20/c1-15(39)47-13-25-27(49-17(3)41)29(51-19(5)43)31(53-21(7)45)34(55-25)57-33-23-11-9-10-12-24(23)37-36(38-33)58-35-32(54-22(8)46)30(52-20(6)44)28(50-18(4)42)26(56-35)14-48-16(2)40/h9-12,25-32,34-35H,13-14H2,1-8H3/t25-,26-,27-,28-,29+,30+,31-,32-,34-,35-/m1/s1. The molecule has 1 aromatic carbocycles. The molecule has 22 heteroatoms. The van der Waals surface area contributed by atoms with Gasteiger partial charge in [-0.25, -0.2) is 0 Å². The van der Waals surface area contributed by atoms with Gasteiger partial charge >= 0.3 is 53.8 Å². The third-order valence-corrected chi connectivity index (χ3v) is 7.89. The van der Waals surface area contributed by atoms with Crippen molar-refractivity contribution in [1.29, 1.82) is 0 Å². The quantitative estimate of drug-likeness (QED) is 0.186. The average Bonchev–Trinajstić information content (AvgIpc) is 3.10. The second-order valence-corrected chi connectivity index (χ2v) is 12.7. The van der Waals surface area contributed by atoms with Gasteiger partial charge in [0.1, 0.15) is 25.4 Å². The Hall–Kier alpha value is -6.16. The summed E-state index contributed by atoms with van der Waals surface area (Å²) in [6.45, 7) is 7.45. The van der Waals surface area contributed by atoms with Gasteiger partial charge in [0.05, 0.1) is 10.9 Å². The van der Waals surface area contributed by atoms with E-state index in [1.54, 1.807) is 12.1 Å². The van der Waals surface area contributed by atoms with Crippen LogP contribution in [-0.2, 0) is 85.7 Å². The number of hydrogen-bond acceptors (Lipinski definition) is 22. The van der Waals surface area contributed by atoms with Crippen molar-refractivity contribution in [2.45, 2.75) is 117 Å². The van der Waals surface area contributed by atoms with E-state index in [-0.39, 0.29) is 16.8 Å². The first-order chi connectivity index (χ1) is 27.3. The Morgan fingerprint density at radius 1 is 0.483 bits per heavy atom. The zero-order valence-corrected chi connectivity index (χ0v) is 32.6. The number of benzene rings is 1. The SMILES string of the molecule is CC(=O)OC[C@H]1O[C@H](Oc2nc(O[C@H]3O[C@H](COC(C)=O)[C@@H](OC(C)=O)[C@H](OC(C)=O)[C@H]3OC(C)=O)c3ccccc3n2)[C@H](OC(C)=O)[C@@H](OC(C)=O)[C@@H]1OC(C)=O. The molecule has 58 heavy (non-hydrogen) atoms. The minimum Gasteiger partial charge on any atom is -0.463 e. The predicted molar refractivity (Wildman–Crippen MR) is 185 cm³/mol. The number of para-hydroxylation sites is 1. The molecule has 2 aliphatic rings. The Morgan fingerprint density at radius 2 is 0.862 bits per heavy atom. The van der Waals surface area contributed by atoms with Gasteiger partial charge in [0.25, 0.3) is 0 Å². The predicted octanol–water partition coefficient (Wildman–Crippen LogP) is 0.554. The molecule has 0 amide bonds. The van der Waals surface area contributed by atoms with Crippen LogP contribution in [0.25, 0.3) is 10.9 Å². The number of aromatic nitrogens is 2. The number of nitrogens with zero attached hydrogens (tertiary/aromatic N) is 2. The molecule has 2 aromatic rings. The van der Waals surface area contributed by atoms with E-state index in [1.807, 2.05) is 0 Å². The normalized spacial score (nSPS) is 26.5. The van der Waals surface area contributed by atoms with Crippen LogP contribution in [0.2, 0.25) is 0 Å². The van der Waals surface area contributed by atoms with Crippen LogP contribution in [0.4, 0.5) is 0 Å². The fourth-order valence-electron chi connectivity index (χ4n) is 5.95. The zero-order valence-electron chi connectivity index (χ0n) is 32.6. The van der Waals surface area contributed by atoms with Crippen molar-refractivity contribution in [1.82, 2.24) is 9.97 Å². The summed E-state index contributed by atoms with van der Waals surface area (Å²) in [5.41, 5.74) is 0.166. The molecule has 2 fully saturated rings. The van der Waals surface area contributed by atoms with Crippen molar-refractivity contribution < 1.29 is 95.2 Å². The molecule has 0 bridgehead atoms. The molecule has 2 saturated heterocycles. The molecular formula is C36H42N2O20. The number of carbonyl (C=O) groups excluding carboxylic acids is 8. The minimum atomic E-state index is -1.75. The van der Waals surface area contributed by atoms with E-state index in [9.17, 15) is 38.4 Å². The van der Waals surface area contributed by atoms with Crippen LogP contribution in [0.15, 0.2) is 24.3 Å². The third kappa shape index (κ3) is 12.2. The fraction of sp³-hybridized carbons (Fsp3) is 0.556. The van der Waals surface area contributed by atoms with Crippen LogP contribution in [0, 0.1) is 0 Å². The summed E-state index contributed by atoms with van der Waals surface area (Å²) in [6, 6.07) is 5.74. The van der Waals surface area contributed by atoms with E-state index in [4.69, 9.17) is 56.8 Å². The van der Waals surface area contributed by atoms with E-state index in [1.165, 1.54) is 12.1 Å². The Morgan fingerprint density at radius 3 is 1.28 bits per heavy atom. The highest BCUT2D eigenvalue weighted by atomic mass is 16.8. The van der Waals surface area contributed by atoms with Gasteiger partial charge in [-0.2, -0.15) is 9.97 Å². The van der Waals surface area contributed by atoms with Crippen LogP contribution in [0.1, 0.15) is 55.4 Å². The van der Waals surface area contributed by atoms with Crippen LogP contribution in [0.5, 0.6) is 11.9 Å². The van der Waals surface area contributed by atoms with Gasteiger partial charge in [0.15, 0.2) is 24.4 Å². The van der Waals surface area contributed by atoms with Crippen LogP contribution in [0.3, 0.4) is 0 Å². The number of fused-ring (bicyclic) bond motifs is 1. The molecule has 22 nitrogen and oxygen atoms in total. The second-order valence-electron chi connectivity index (χ2n) is 12.7. The number of ether oxygens (including phenoxy) is 12. The number of hydrogen-bond donors (Lipinski definition) is 0. The molecular weight excluding hydrogens is 780 g/mol. The van der Waals surface area contributed by atoms with Crippen molar-refractivity contribution in [3.63, 3.8) is 0 Å². The molecule has 0 unspecified atom stereocenters. The lowest BCUT2D eigenvalue weighted by molar-refractivity contribution is -0.290. The molecule has 10 atom stereocenters. The van der Waals surface area contributed by atoms with Crippen LogP contribution < -0.4 is 9.47 Å². The van der Waals surface area contributed by atoms with E-state index in [2.05, 4.69) is 9.97 Å². The summed E-state index contributed by atoms with van der Waals surface area (Å²) in [7, 11) is 0.